The van der Waals surface area contributed by atoms with Gasteiger partial charge in [0.05, 0.1) is 5.69 Å². The molecule has 0 spiro atoms. The molecule has 0 amide bonds. The van der Waals surface area contributed by atoms with E-state index in [-0.39, 0.29) is 5.82 Å². The van der Waals surface area contributed by atoms with Gasteiger partial charge in [-0.05, 0) is 43.9 Å². The average Bonchev–Trinajstić information content (AvgIpc) is 3.24. The highest BCUT2D eigenvalue weighted by atomic mass is 19.1. The number of aryl methyl sites for hydroxylation is 1. The van der Waals surface area contributed by atoms with E-state index in [0.29, 0.717) is 5.69 Å². The number of nitrogens with zero attached hydrogens (tertiary/aromatic N) is 1. The zero-order valence-corrected chi connectivity index (χ0v) is 11.8. The molecule has 19 heavy (non-hydrogen) atoms. The maximum Gasteiger partial charge on any atom is 0.146 e. The number of hydrogen-bond donors (Lipinski definition) is 1. The van der Waals surface area contributed by atoms with Crippen LogP contribution < -0.4 is 5.32 Å². The molecule has 0 saturated heterocycles. The van der Waals surface area contributed by atoms with Crippen LogP contribution in [0.15, 0.2) is 24.4 Å². The Kier molecular flexibility index (Phi) is 4.35. The van der Waals surface area contributed by atoms with Crippen molar-refractivity contribution < 1.29 is 4.39 Å². The SMILES string of the molecule is CC.Cc1nccc2c(NCC3CC3)c(F)ccc12. The van der Waals surface area contributed by atoms with Crippen molar-refractivity contribution in [3.8, 4) is 0 Å². The molecule has 1 aromatic carbocycles. The Morgan fingerprint density at radius 3 is 2.63 bits per heavy atom. The van der Waals surface area contributed by atoms with Crippen LogP contribution in [0.25, 0.3) is 10.8 Å². The molecule has 1 aliphatic rings. The van der Waals surface area contributed by atoms with Crippen molar-refractivity contribution in [3.05, 3.63) is 35.9 Å². The highest BCUT2D eigenvalue weighted by Gasteiger charge is 2.21. The van der Waals surface area contributed by atoms with Crippen molar-refractivity contribution in [2.75, 3.05) is 11.9 Å². The van der Waals surface area contributed by atoms with Gasteiger partial charge >= 0.3 is 0 Å². The van der Waals surface area contributed by atoms with Gasteiger partial charge in [0.2, 0.25) is 0 Å². The van der Waals surface area contributed by atoms with Crippen LogP contribution in [0.4, 0.5) is 10.1 Å². The smallest absolute Gasteiger partial charge is 0.146 e. The highest BCUT2D eigenvalue weighted by molar-refractivity contribution is 5.95. The number of rotatable bonds is 3. The van der Waals surface area contributed by atoms with E-state index in [1.807, 2.05) is 26.8 Å². The van der Waals surface area contributed by atoms with Crippen LogP contribution >= 0.6 is 0 Å². The second-order valence-corrected chi connectivity index (χ2v) is 4.74. The molecule has 2 aromatic rings. The zero-order chi connectivity index (χ0) is 13.8. The summed E-state index contributed by atoms with van der Waals surface area (Å²) in [5.74, 6) is 0.552. The molecule has 3 heteroatoms. The summed E-state index contributed by atoms with van der Waals surface area (Å²) in [6.45, 7) is 6.82. The first-order chi connectivity index (χ1) is 9.25. The second kappa shape index (κ2) is 6.00. The van der Waals surface area contributed by atoms with Crippen LogP contribution in [0, 0.1) is 18.7 Å². The summed E-state index contributed by atoms with van der Waals surface area (Å²) in [5, 5.41) is 5.19. The average molecular weight is 260 g/mol. The van der Waals surface area contributed by atoms with Gasteiger partial charge in [-0.25, -0.2) is 4.39 Å². The minimum absolute atomic E-state index is 0.177. The van der Waals surface area contributed by atoms with Gasteiger partial charge in [0.15, 0.2) is 0 Å². The molecular weight excluding hydrogens is 239 g/mol. The third-order valence-corrected chi connectivity index (χ3v) is 3.36. The van der Waals surface area contributed by atoms with E-state index in [2.05, 4.69) is 10.3 Å². The predicted molar refractivity (Wildman–Crippen MR) is 79.0 cm³/mol. The lowest BCUT2D eigenvalue weighted by Crippen LogP contribution is -2.05. The van der Waals surface area contributed by atoms with Crippen LogP contribution in [0.5, 0.6) is 0 Å². The number of nitrogens with one attached hydrogen (secondary N) is 1. The number of pyridine rings is 1. The zero-order valence-electron chi connectivity index (χ0n) is 11.8. The molecule has 0 aliphatic heterocycles. The van der Waals surface area contributed by atoms with Gasteiger partial charge in [-0.3, -0.25) is 4.98 Å². The molecule has 1 fully saturated rings. The van der Waals surface area contributed by atoms with E-state index in [0.717, 1.165) is 28.9 Å². The number of anilines is 1. The fourth-order valence-corrected chi connectivity index (χ4v) is 2.12. The third-order valence-electron chi connectivity index (χ3n) is 3.36. The number of aromatic nitrogens is 1. The van der Waals surface area contributed by atoms with Crippen LogP contribution in [-0.4, -0.2) is 11.5 Å². The first kappa shape index (κ1) is 13.8. The lowest BCUT2D eigenvalue weighted by Gasteiger charge is -2.11. The quantitative estimate of drug-likeness (QED) is 0.877. The van der Waals surface area contributed by atoms with Crippen LogP contribution in [0.2, 0.25) is 0 Å². The van der Waals surface area contributed by atoms with E-state index in [4.69, 9.17) is 0 Å². The Morgan fingerprint density at radius 1 is 1.21 bits per heavy atom. The van der Waals surface area contributed by atoms with Crippen molar-refractivity contribution in [1.29, 1.82) is 0 Å². The Morgan fingerprint density at radius 2 is 1.95 bits per heavy atom. The fourth-order valence-electron chi connectivity index (χ4n) is 2.12. The predicted octanol–water partition coefficient (Wildman–Crippen LogP) is 4.53. The second-order valence-electron chi connectivity index (χ2n) is 4.74. The van der Waals surface area contributed by atoms with E-state index in [9.17, 15) is 4.39 Å². The largest absolute Gasteiger partial charge is 0.382 e. The molecule has 1 heterocycles. The summed E-state index contributed by atoms with van der Waals surface area (Å²) in [4.78, 5) is 4.24. The van der Waals surface area contributed by atoms with Crippen molar-refractivity contribution >= 4 is 16.5 Å². The molecular formula is C16H21FN2. The molecule has 102 valence electrons. The Hall–Kier alpha value is -1.64. The van der Waals surface area contributed by atoms with Gasteiger partial charge in [-0.1, -0.05) is 13.8 Å². The summed E-state index contributed by atoms with van der Waals surface area (Å²) in [5.41, 5.74) is 1.57. The molecule has 1 saturated carbocycles. The number of halogens is 1. The molecule has 0 atom stereocenters. The monoisotopic (exact) mass is 260 g/mol. The molecule has 1 aromatic heterocycles. The van der Waals surface area contributed by atoms with Crippen LogP contribution in [-0.2, 0) is 0 Å². The Bertz CT molecular complexity index is 562. The summed E-state index contributed by atoms with van der Waals surface area (Å²) >= 11 is 0. The normalized spacial score (nSPS) is 13.9. The molecule has 1 N–H and O–H groups in total. The van der Waals surface area contributed by atoms with Gasteiger partial charge in [0.1, 0.15) is 5.82 Å². The van der Waals surface area contributed by atoms with Gasteiger partial charge < -0.3 is 5.32 Å². The topological polar surface area (TPSA) is 24.9 Å². The van der Waals surface area contributed by atoms with Crippen molar-refractivity contribution in [2.45, 2.75) is 33.6 Å². The summed E-state index contributed by atoms with van der Waals surface area (Å²) in [6, 6.07) is 5.20. The van der Waals surface area contributed by atoms with E-state index in [1.54, 1.807) is 12.3 Å². The summed E-state index contributed by atoms with van der Waals surface area (Å²) < 4.78 is 13.8. The van der Waals surface area contributed by atoms with Crippen LogP contribution in [0.3, 0.4) is 0 Å². The van der Waals surface area contributed by atoms with Crippen LogP contribution in [0.1, 0.15) is 32.4 Å². The fraction of sp³-hybridized carbons (Fsp3) is 0.438. The number of fused-ring (bicyclic) bond motifs is 1. The van der Waals surface area contributed by atoms with E-state index in [1.165, 1.54) is 18.9 Å². The first-order valence-corrected chi connectivity index (χ1v) is 7.03. The molecule has 0 unspecified atom stereocenters. The lowest BCUT2D eigenvalue weighted by atomic mass is 10.1. The lowest BCUT2D eigenvalue weighted by molar-refractivity contribution is 0.631. The Balaban J connectivity index is 0.000000637. The standard InChI is InChI=1S/C14H15FN2.C2H6/c1-9-11-4-5-13(15)14(12(11)6-7-16-9)17-8-10-2-3-10;1-2/h4-7,10,17H,2-3,8H2,1H3;1-2H3. The van der Waals surface area contributed by atoms with Crippen molar-refractivity contribution in [3.63, 3.8) is 0 Å². The van der Waals surface area contributed by atoms with Gasteiger partial charge in [-0.2, -0.15) is 0 Å². The number of hydrogen-bond acceptors (Lipinski definition) is 2. The highest BCUT2D eigenvalue weighted by Crippen LogP contribution is 2.32. The van der Waals surface area contributed by atoms with Gasteiger partial charge in [0.25, 0.3) is 0 Å². The molecule has 0 bridgehead atoms. The van der Waals surface area contributed by atoms with Crippen molar-refractivity contribution in [1.82, 2.24) is 4.98 Å². The molecule has 3 rings (SSSR count). The molecule has 0 radical (unpaired) electrons. The first-order valence-electron chi connectivity index (χ1n) is 7.03. The van der Waals surface area contributed by atoms with Gasteiger partial charge in [-0.15, -0.1) is 0 Å². The maximum absolute atomic E-state index is 13.8. The van der Waals surface area contributed by atoms with E-state index < -0.39 is 0 Å². The van der Waals surface area contributed by atoms with E-state index >= 15 is 0 Å². The summed E-state index contributed by atoms with van der Waals surface area (Å²) in [7, 11) is 0. The van der Waals surface area contributed by atoms with Gasteiger partial charge in [0, 0.05) is 29.2 Å². The Labute approximate surface area is 114 Å². The third kappa shape index (κ3) is 3.03. The summed E-state index contributed by atoms with van der Waals surface area (Å²) in [6.07, 6.45) is 4.26. The molecule has 2 nitrogen and oxygen atoms in total. The maximum atomic E-state index is 13.8. The minimum atomic E-state index is -0.177. The molecule has 1 aliphatic carbocycles. The number of benzene rings is 1. The minimum Gasteiger partial charge on any atom is -0.382 e. The van der Waals surface area contributed by atoms with Crippen molar-refractivity contribution in [2.24, 2.45) is 5.92 Å².